The van der Waals surface area contributed by atoms with Gasteiger partial charge >= 0.3 is 0 Å². The molecule has 4 nitrogen and oxygen atoms in total. The van der Waals surface area contributed by atoms with E-state index < -0.39 is 0 Å². The van der Waals surface area contributed by atoms with Crippen LogP contribution in [0.3, 0.4) is 0 Å². The molecule has 0 saturated heterocycles. The van der Waals surface area contributed by atoms with E-state index in [1.54, 1.807) is 11.3 Å². The summed E-state index contributed by atoms with van der Waals surface area (Å²) in [4.78, 5) is 8.88. The Balaban J connectivity index is 2.01. The van der Waals surface area contributed by atoms with Crippen LogP contribution < -0.4 is 5.73 Å². The van der Waals surface area contributed by atoms with Gasteiger partial charge in [0, 0.05) is 12.2 Å². The molecule has 0 amide bonds. The van der Waals surface area contributed by atoms with E-state index in [1.807, 2.05) is 23.8 Å². The number of aryl methyl sites for hydroxylation is 1. The van der Waals surface area contributed by atoms with E-state index in [2.05, 4.69) is 33.7 Å². The molecule has 0 aliphatic heterocycles. The Morgan fingerprint density at radius 2 is 2.32 bits per heavy atom. The molecule has 5 heteroatoms. The lowest BCUT2D eigenvalue weighted by Crippen LogP contribution is -2.11. The fourth-order valence-electron chi connectivity index (χ4n) is 2.38. The molecule has 0 bridgehead atoms. The summed E-state index contributed by atoms with van der Waals surface area (Å²) in [6, 6.07) is 4.41. The lowest BCUT2D eigenvalue weighted by Gasteiger charge is -2.14. The zero-order chi connectivity index (χ0) is 13.4. The van der Waals surface area contributed by atoms with Gasteiger partial charge in [0.2, 0.25) is 5.95 Å². The predicted octanol–water partition coefficient (Wildman–Crippen LogP) is 3.19. The fraction of sp³-hybridized carbons (Fsp3) is 0.286. The summed E-state index contributed by atoms with van der Waals surface area (Å²) in [6.45, 7) is 4.16. The minimum absolute atomic E-state index is 0.245. The molecule has 0 aliphatic carbocycles. The third-order valence-corrected chi connectivity index (χ3v) is 3.98. The summed E-state index contributed by atoms with van der Waals surface area (Å²) in [6.07, 6.45) is 2.80. The van der Waals surface area contributed by atoms with E-state index in [0.29, 0.717) is 5.95 Å². The smallest absolute Gasteiger partial charge is 0.202 e. The lowest BCUT2D eigenvalue weighted by molar-refractivity contribution is 0.564. The monoisotopic (exact) mass is 272 g/mol. The van der Waals surface area contributed by atoms with Gasteiger partial charge < -0.3 is 5.73 Å². The van der Waals surface area contributed by atoms with Crippen molar-refractivity contribution in [3.63, 3.8) is 0 Å². The maximum atomic E-state index is 6.05. The standard InChI is InChI=1S/C14H16N4S/c1-9-5-12-13(16-7-9)18(14(15)17-12)10(2)6-11-3-4-19-8-11/h3-5,7-8,10H,6H2,1-2H3,(H2,15,17). The third-order valence-electron chi connectivity index (χ3n) is 3.25. The highest BCUT2D eigenvalue weighted by Crippen LogP contribution is 2.24. The molecule has 0 fully saturated rings. The minimum atomic E-state index is 0.245. The van der Waals surface area contributed by atoms with Crippen LogP contribution in [0, 0.1) is 6.92 Å². The van der Waals surface area contributed by atoms with Crippen LogP contribution in [0.2, 0.25) is 0 Å². The van der Waals surface area contributed by atoms with Gasteiger partial charge in [0.25, 0.3) is 0 Å². The number of imidazole rings is 1. The van der Waals surface area contributed by atoms with Gasteiger partial charge in [-0.1, -0.05) is 0 Å². The number of nitrogens with zero attached hydrogens (tertiary/aromatic N) is 3. The van der Waals surface area contributed by atoms with Gasteiger partial charge in [-0.25, -0.2) is 9.97 Å². The number of fused-ring (bicyclic) bond motifs is 1. The SMILES string of the molecule is Cc1cnc2c(c1)nc(N)n2C(C)Cc1ccsc1. The van der Waals surface area contributed by atoms with Crippen LogP contribution in [0.15, 0.2) is 29.1 Å². The molecular formula is C14H16N4S. The predicted molar refractivity (Wildman–Crippen MR) is 79.4 cm³/mol. The summed E-state index contributed by atoms with van der Waals surface area (Å²) in [5.74, 6) is 0.538. The van der Waals surface area contributed by atoms with E-state index >= 15 is 0 Å². The van der Waals surface area contributed by atoms with Crippen LogP contribution in [0.4, 0.5) is 5.95 Å². The van der Waals surface area contributed by atoms with Crippen molar-refractivity contribution in [1.29, 1.82) is 0 Å². The van der Waals surface area contributed by atoms with E-state index in [9.17, 15) is 0 Å². The van der Waals surface area contributed by atoms with Crippen molar-refractivity contribution in [2.75, 3.05) is 5.73 Å². The quantitative estimate of drug-likeness (QED) is 0.796. The molecule has 1 atom stereocenters. The molecule has 0 saturated carbocycles. The molecule has 3 aromatic rings. The van der Waals surface area contributed by atoms with Crippen LogP contribution >= 0.6 is 11.3 Å². The number of thiophene rings is 1. The summed E-state index contributed by atoms with van der Waals surface area (Å²) in [7, 11) is 0. The number of hydrogen-bond donors (Lipinski definition) is 1. The normalized spacial score (nSPS) is 12.9. The van der Waals surface area contributed by atoms with E-state index in [0.717, 1.165) is 23.1 Å². The second-order valence-corrected chi connectivity index (χ2v) is 5.66. The highest BCUT2D eigenvalue weighted by atomic mass is 32.1. The van der Waals surface area contributed by atoms with Gasteiger partial charge in [0.1, 0.15) is 5.52 Å². The Morgan fingerprint density at radius 1 is 1.47 bits per heavy atom. The van der Waals surface area contributed by atoms with Gasteiger partial charge in [-0.2, -0.15) is 11.3 Å². The number of nitrogen functional groups attached to an aromatic ring is 1. The van der Waals surface area contributed by atoms with E-state index in [4.69, 9.17) is 5.73 Å². The average Bonchev–Trinajstić information content (AvgIpc) is 2.95. The first-order chi connectivity index (χ1) is 9.15. The average molecular weight is 272 g/mol. The molecule has 0 aromatic carbocycles. The van der Waals surface area contributed by atoms with Crippen LogP contribution in [0.5, 0.6) is 0 Å². The topological polar surface area (TPSA) is 56.7 Å². The summed E-state index contributed by atoms with van der Waals surface area (Å²) >= 11 is 1.72. The van der Waals surface area contributed by atoms with Gasteiger partial charge in [-0.15, -0.1) is 0 Å². The first-order valence-corrected chi connectivity index (χ1v) is 7.20. The van der Waals surface area contributed by atoms with Crippen LogP contribution in [0.25, 0.3) is 11.2 Å². The van der Waals surface area contributed by atoms with E-state index in [1.165, 1.54) is 5.56 Å². The number of nitrogens with two attached hydrogens (primary N) is 1. The number of rotatable bonds is 3. The van der Waals surface area contributed by atoms with Gasteiger partial charge in [0.15, 0.2) is 5.65 Å². The maximum absolute atomic E-state index is 6.05. The Labute approximate surface area is 115 Å². The van der Waals surface area contributed by atoms with Crippen molar-refractivity contribution in [3.05, 3.63) is 40.2 Å². The first-order valence-electron chi connectivity index (χ1n) is 6.26. The van der Waals surface area contributed by atoms with Gasteiger partial charge in [0.05, 0.1) is 0 Å². The van der Waals surface area contributed by atoms with Crippen LogP contribution in [-0.4, -0.2) is 14.5 Å². The Morgan fingerprint density at radius 3 is 3.05 bits per heavy atom. The molecule has 19 heavy (non-hydrogen) atoms. The van der Waals surface area contributed by atoms with Gasteiger partial charge in [-0.3, -0.25) is 4.57 Å². The molecule has 0 radical (unpaired) electrons. The number of aromatic nitrogens is 3. The minimum Gasteiger partial charge on any atom is -0.369 e. The van der Waals surface area contributed by atoms with Crippen molar-refractivity contribution in [2.24, 2.45) is 0 Å². The lowest BCUT2D eigenvalue weighted by atomic mass is 10.1. The molecule has 2 N–H and O–H groups in total. The Kier molecular flexibility index (Phi) is 2.98. The van der Waals surface area contributed by atoms with Crippen molar-refractivity contribution >= 4 is 28.4 Å². The summed E-state index contributed by atoms with van der Waals surface area (Å²) in [5.41, 5.74) is 10.2. The number of anilines is 1. The molecule has 1 unspecified atom stereocenters. The highest BCUT2D eigenvalue weighted by Gasteiger charge is 2.15. The third kappa shape index (κ3) is 2.21. The van der Waals surface area contributed by atoms with E-state index in [-0.39, 0.29) is 6.04 Å². The molecule has 3 heterocycles. The molecule has 3 aromatic heterocycles. The van der Waals surface area contributed by atoms with Crippen molar-refractivity contribution in [3.8, 4) is 0 Å². The molecule has 0 spiro atoms. The van der Waals surface area contributed by atoms with Crippen molar-refractivity contribution in [1.82, 2.24) is 14.5 Å². The Bertz CT molecular complexity index is 700. The van der Waals surface area contributed by atoms with Crippen LogP contribution in [0.1, 0.15) is 24.1 Å². The fourth-order valence-corrected chi connectivity index (χ4v) is 3.06. The van der Waals surface area contributed by atoms with Gasteiger partial charge in [-0.05, 0) is 54.3 Å². The summed E-state index contributed by atoms with van der Waals surface area (Å²) < 4.78 is 2.02. The molecule has 98 valence electrons. The number of pyridine rings is 1. The Hall–Kier alpha value is -1.88. The molecular weight excluding hydrogens is 256 g/mol. The zero-order valence-corrected chi connectivity index (χ0v) is 11.8. The second kappa shape index (κ2) is 4.66. The molecule has 3 rings (SSSR count). The zero-order valence-electron chi connectivity index (χ0n) is 11.0. The number of hydrogen-bond acceptors (Lipinski definition) is 4. The largest absolute Gasteiger partial charge is 0.369 e. The summed E-state index contributed by atoms with van der Waals surface area (Å²) in [5, 5.41) is 4.27. The first kappa shape index (κ1) is 12.2. The van der Waals surface area contributed by atoms with Crippen molar-refractivity contribution in [2.45, 2.75) is 26.3 Å². The van der Waals surface area contributed by atoms with Crippen molar-refractivity contribution < 1.29 is 0 Å². The van der Waals surface area contributed by atoms with Crippen LogP contribution in [-0.2, 0) is 6.42 Å². The molecule has 0 aliphatic rings. The second-order valence-electron chi connectivity index (χ2n) is 4.88. The maximum Gasteiger partial charge on any atom is 0.202 e. The highest BCUT2D eigenvalue weighted by molar-refractivity contribution is 7.07.